The largest absolute Gasteiger partial charge is 0.481 e. The van der Waals surface area contributed by atoms with Gasteiger partial charge in [0.2, 0.25) is 5.88 Å². The van der Waals surface area contributed by atoms with Crippen LogP contribution in [0.3, 0.4) is 0 Å². The molecule has 0 radical (unpaired) electrons. The Morgan fingerprint density at radius 1 is 1.35 bits per heavy atom. The molecule has 0 fully saturated rings. The number of amides is 1. The van der Waals surface area contributed by atoms with Crippen LogP contribution in [0.1, 0.15) is 16.1 Å². The first-order valence-electron chi connectivity index (χ1n) is 5.69. The SMILES string of the molecule is COc1cc(CNC(=O)c2nc(Cl)ccc2Cl)ccn1. The summed E-state index contributed by atoms with van der Waals surface area (Å²) in [4.78, 5) is 19.9. The number of methoxy groups -OCH3 is 1. The molecule has 0 aromatic carbocycles. The number of hydrogen-bond acceptors (Lipinski definition) is 4. The minimum absolute atomic E-state index is 0.0974. The van der Waals surface area contributed by atoms with Crippen molar-refractivity contribution in [2.75, 3.05) is 7.11 Å². The van der Waals surface area contributed by atoms with Gasteiger partial charge in [-0.05, 0) is 23.8 Å². The summed E-state index contributed by atoms with van der Waals surface area (Å²) in [7, 11) is 1.53. The zero-order chi connectivity index (χ0) is 14.5. The van der Waals surface area contributed by atoms with Crippen LogP contribution in [0.5, 0.6) is 5.88 Å². The number of pyridine rings is 2. The van der Waals surface area contributed by atoms with Crippen molar-refractivity contribution < 1.29 is 9.53 Å². The lowest BCUT2D eigenvalue weighted by atomic mass is 10.2. The fraction of sp³-hybridized carbons (Fsp3) is 0.154. The van der Waals surface area contributed by atoms with E-state index in [9.17, 15) is 4.79 Å². The Morgan fingerprint density at radius 3 is 2.90 bits per heavy atom. The van der Waals surface area contributed by atoms with Gasteiger partial charge in [0.05, 0.1) is 12.1 Å². The van der Waals surface area contributed by atoms with Crippen LogP contribution in [0.2, 0.25) is 10.2 Å². The van der Waals surface area contributed by atoms with Crippen LogP contribution in [-0.2, 0) is 6.54 Å². The van der Waals surface area contributed by atoms with Gasteiger partial charge in [-0.3, -0.25) is 4.79 Å². The van der Waals surface area contributed by atoms with E-state index in [4.69, 9.17) is 27.9 Å². The molecule has 1 N–H and O–H groups in total. The molecule has 0 aliphatic carbocycles. The maximum Gasteiger partial charge on any atom is 0.271 e. The van der Waals surface area contributed by atoms with E-state index in [1.807, 2.05) is 0 Å². The lowest BCUT2D eigenvalue weighted by Crippen LogP contribution is -2.24. The highest BCUT2D eigenvalue weighted by molar-refractivity contribution is 6.34. The van der Waals surface area contributed by atoms with E-state index in [-0.39, 0.29) is 15.9 Å². The zero-order valence-electron chi connectivity index (χ0n) is 10.6. The fourth-order valence-electron chi connectivity index (χ4n) is 1.52. The first-order valence-corrected chi connectivity index (χ1v) is 6.45. The molecule has 0 unspecified atom stereocenters. The third-order valence-corrected chi connectivity index (χ3v) is 3.00. The summed E-state index contributed by atoms with van der Waals surface area (Å²) >= 11 is 11.7. The Bertz CT molecular complexity index is 635. The van der Waals surface area contributed by atoms with E-state index < -0.39 is 5.91 Å². The number of hydrogen-bond donors (Lipinski definition) is 1. The van der Waals surface area contributed by atoms with Crippen molar-refractivity contribution in [1.82, 2.24) is 15.3 Å². The average molecular weight is 312 g/mol. The Hall–Kier alpha value is -1.85. The van der Waals surface area contributed by atoms with E-state index in [0.29, 0.717) is 12.4 Å². The van der Waals surface area contributed by atoms with Crippen LogP contribution < -0.4 is 10.1 Å². The van der Waals surface area contributed by atoms with Gasteiger partial charge in [-0.15, -0.1) is 0 Å². The standard InChI is InChI=1S/C13H11Cl2N3O2/c1-20-11-6-8(4-5-16-11)7-17-13(19)12-9(14)2-3-10(15)18-12/h2-6H,7H2,1H3,(H,17,19). The van der Waals surface area contributed by atoms with Gasteiger partial charge in [0.1, 0.15) is 10.8 Å². The number of carbonyl (C=O) groups is 1. The highest BCUT2D eigenvalue weighted by Gasteiger charge is 2.12. The molecule has 1 amide bonds. The number of ether oxygens (including phenoxy) is 1. The van der Waals surface area contributed by atoms with E-state index in [1.54, 1.807) is 18.3 Å². The summed E-state index contributed by atoms with van der Waals surface area (Å²) in [6.07, 6.45) is 1.60. The van der Waals surface area contributed by atoms with Crippen LogP contribution in [0, 0.1) is 0 Å². The molecule has 0 atom stereocenters. The average Bonchev–Trinajstić information content (AvgIpc) is 2.47. The molecule has 0 bridgehead atoms. The first kappa shape index (κ1) is 14.6. The second-order valence-electron chi connectivity index (χ2n) is 3.85. The second-order valence-corrected chi connectivity index (χ2v) is 4.65. The Balaban J connectivity index is 2.06. The molecule has 0 aliphatic heterocycles. The van der Waals surface area contributed by atoms with Gasteiger partial charge in [-0.1, -0.05) is 23.2 Å². The molecule has 2 aromatic rings. The lowest BCUT2D eigenvalue weighted by Gasteiger charge is -2.07. The molecule has 5 nitrogen and oxygen atoms in total. The third-order valence-electron chi connectivity index (χ3n) is 2.49. The summed E-state index contributed by atoms with van der Waals surface area (Å²) in [6, 6.07) is 6.55. The predicted molar refractivity (Wildman–Crippen MR) is 76.2 cm³/mol. The number of aromatic nitrogens is 2. The van der Waals surface area contributed by atoms with E-state index in [0.717, 1.165) is 5.56 Å². The Labute approximate surface area is 125 Å². The van der Waals surface area contributed by atoms with Gasteiger partial charge < -0.3 is 10.1 Å². The summed E-state index contributed by atoms with van der Waals surface area (Å²) in [6.45, 7) is 0.308. The number of carbonyl (C=O) groups excluding carboxylic acids is 1. The van der Waals surface area contributed by atoms with Crippen molar-refractivity contribution in [1.29, 1.82) is 0 Å². The maximum absolute atomic E-state index is 12.0. The topological polar surface area (TPSA) is 64.1 Å². The summed E-state index contributed by atoms with van der Waals surface area (Å²) < 4.78 is 5.01. The van der Waals surface area contributed by atoms with Gasteiger partial charge in [-0.2, -0.15) is 0 Å². The third kappa shape index (κ3) is 3.59. The molecule has 2 aromatic heterocycles. The first-order chi connectivity index (χ1) is 9.60. The van der Waals surface area contributed by atoms with Gasteiger partial charge in [0, 0.05) is 18.8 Å². The second kappa shape index (κ2) is 6.54. The zero-order valence-corrected chi connectivity index (χ0v) is 12.1. The molecule has 0 saturated carbocycles. The Kier molecular flexibility index (Phi) is 4.76. The minimum Gasteiger partial charge on any atom is -0.481 e. The van der Waals surface area contributed by atoms with Crippen molar-refractivity contribution in [3.8, 4) is 5.88 Å². The molecular weight excluding hydrogens is 301 g/mol. The van der Waals surface area contributed by atoms with E-state index >= 15 is 0 Å². The fourth-order valence-corrected chi connectivity index (χ4v) is 1.85. The highest BCUT2D eigenvalue weighted by atomic mass is 35.5. The van der Waals surface area contributed by atoms with Crippen molar-refractivity contribution in [2.45, 2.75) is 6.54 Å². The summed E-state index contributed by atoms with van der Waals surface area (Å²) in [5.41, 5.74) is 0.948. The number of nitrogens with zero attached hydrogens (tertiary/aromatic N) is 2. The number of nitrogens with one attached hydrogen (secondary N) is 1. The molecule has 2 rings (SSSR count). The van der Waals surface area contributed by atoms with Gasteiger partial charge >= 0.3 is 0 Å². The molecule has 0 saturated heterocycles. The summed E-state index contributed by atoms with van der Waals surface area (Å²) in [5.74, 6) is 0.0870. The maximum atomic E-state index is 12.0. The van der Waals surface area contributed by atoms with Crippen LogP contribution >= 0.6 is 23.2 Å². The van der Waals surface area contributed by atoms with Crippen molar-refractivity contribution >= 4 is 29.1 Å². The molecule has 0 aliphatic rings. The molecular formula is C13H11Cl2N3O2. The lowest BCUT2D eigenvalue weighted by molar-refractivity contribution is 0.0946. The molecule has 104 valence electrons. The van der Waals surface area contributed by atoms with Gasteiger partial charge in [-0.25, -0.2) is 9.97 Å². The van der Waals surface area contributed by atoms with Crippen molar-refractivity contribution in [2.24, 2.45) is 0 Å². The van der Waals surface area contributed by atoms with Crippen LogP contribution in [0.4, 0.5) is 0 Å². The monoisotopic (exact) mass is 311 g/mol. The van der Waals surface area contributed by atoms with Crippen molar-refractivity contribution in [3.63, 3.8) is 0 Å². The molecule has 0 spiro atoms. The predicted octanol–water partition coefficient (Wildman–Crippen LogP) is 2.72. The van der Waals surface area contributed by atoms with E-state index in [1.165, 1.54) is 19.2 Å². The normalized spacial score (nSPS) is 10.2. The van der Waals surface area contributed by atoms with Crippen LogP contribution in [0.25, 0.3) is 0 Å². The van der Waals surface area contributed by atoms with Crippen LogP contribution in [0.15, 0.2) is 30.5 Å². The number of halogens is 2. The number of rotatable bonds is 4. The molecule has 20 heavy (non-hydrogen) atoms. The van der Waals surface area contributed by atoms with Crippen molar-refractivity contribution in [3.05, 3.63) is 51.9 Å². The minimum atomic E-state index is -0.395. The quantitative estimate of drug-likeness (QED) is 0.882. The highest BCUT2D eigenvalue weighted by Crippen LogP contribution is 2.17. The van der Waals surface area contributed by atoms with Gasteiger partial charge in [0.25, 0.3) is 5.91 Å². The smallest absolute Gasteiger partial charge is 0.271 e. The molecule has 2 heterocycles. The van der Waals surface area contributed by atoms with Crippen LogP contribution in [-0.4, -0.2) is 23.0 Å². The Morgan fingerprint density at radius 2 is 2.15 bits per heavy atom. The van der Waals surface area contributed by atoms with E-state index in [2.05, 4.69) is 15.3 Å². The van der Waals surface area contributed by atoms with Gasteiger partial charge in [0.15, 0.2) is 0 Å². The summed E-state index contributed by atoms with van der Waals surface area (Å²) in [5, 5.41) is 3.17. The molecule has 7 heteroatoms.